The standard InChI is InChI=1S/C21H33N7O/c1-16(2)19-18(15-27(5)25-19)14-26(4)21(22-3)24-13-17-7-6-8-23-20(17)28-9-11-29-12-10-28/h6-8,15-16H,9-14H2,1-5H3,(H,22,24). The van der Waals surface area contributed by atoms with Crippen LogP contribution in [0.1, 0.15) is 36.6 Å². The second-order valence-corrected chi connectivity index (χ2v) is 7.71. The van der Waals surface area contributed by atoms with E-state index in [2.05, 4.69) is 63.4 Å². The van der Waals surface area contributed by atoms with Crippen LogP contribution >= 0.6 is 0 Å². The van der Waals surface area contributed by atoms with Gasteiger partial charge in [0.1, 0.15) is 5.82 Å². The third-order valence-electron chi connectivity index (χ3n) is 5.08. The Labute approximate surface area is 173 Å². The highest BCUT2D eigenvalue weighted by Gasteiger charge is 2.18. The fourth-order valence-electron chi connectivity index (χ4n) is 3.68. The molecule has 2 aromatic rings. The Hall–Kier alpha value is -2.61. The van der Waals surface area contributed by atoms with Crippen molar-refractivity contribution in [2.45, 2.75) is 32.9 Å². The lowest BCUT2D eigenvalue weighted by molar-refractivity contribution is 0.122. The van der Waals surface area contributed by atoms with E-state index in [4.69, 9.17) is 4.74 Å². The Bertz CT molecular complexity index is 824. The third kappa shape index (κ3) is 5.26. The number of nitrogens with one attached hydrogen (secondary N) is 1. The van der Waals surface area contributed by atoms with E-state index in [1.165, 1.54) is 5.56 Å². The number of guanidine groups is 1. The summed E-state index contributed by atoms with van der Waals surface area (Å²) >= 11 is 0. The van der Waals surface area contributed by atoms with Crippen LogP contribution in [-0.2, 0) is 24.9 Å². The second kappa shape index (κ2) is 9.73. The highest BCUT2D eigenvalue weighted by Crippen LogP contribution is 2.20. The molecule has 0 radical (unpaired) electrons. The number of nitrogens with zero attached hydrogens (tertiary/aromatic N) is 6. The number of aliphatic imine (C=N–C) groups is 1. The van der Waals surface area contributed by atoms with Gasteiger partial charge in [0.15, 0.2) is 5.96 Å². The Kier molecular flexibility index (Phi) is 7.09. The molecule has 1 N–H and O–H groups in total. The van der Waals surface area contributed by atoms with Crippen LogP contribution in [0.2, 0.25) is 0 Å². The van der Waals surface area contributed by atoms with Gasteiger partial charge in [-0.25, -0.2) is 4.98 Å². The average Bonchev–Trinajstić information content (AvgIpc) is 3.10. The molecule has 8 nitrogen and oxygen atoms in total. The van der Waals surface area contributed by atoms with Crippen LogP contribution in [0.15, 0.2) is 29.5 Å². The fraction of sp³-hybridized carbons (Fsp3) is 0.571. The maximum absolute atomic E-state index is 5.48. The Morgan fingerprint density at radius 3 is 2.76 bits per heavy atom. The molecule has 29 heavy (non-hydrogen) atoms. The first-order chi connectivity index (χ1) is 14.0. The molecule has 1 aliphatic rings. The van der Waals surface area contributed by atoms with Crippen molar-refractivity contribution in [2.75, 3.05) is 45.3 Å². The molecule has 0 amide bonds. The lowest BCUT2D eigenvalue weighted by Gasteiger charge is -2.30. The van der Waals surface area contributed by atoms with Crippen molar-refractivity contribution in [1.29, 1.82) is 0 Å². The van der Waals surface area contributed by atoms with Gasteiger partial charge in [0, 0.05) is 70.8 Å². The minimum atomic E-state index is 0.390. The monoisotopic (exact) mass is 399 g/mol. The van der Waals surface area contributed by atoms with E-state index in [0.717, 1.165) is 55.9 Å². The molecule has 8 heteroatoms. The number of morpholine rings is 1. The van der Waals surface area contributed by atoms with Gasteiger partial charge in [0.2, 0.25) is 0 Å². The summed E-state index contributed by atoms with van der Waals surface area (Å²) in [4.78, 5) is 13.5. The Morgan fingerprint density at radius 1 is 1.31 bits per heavy atom. The molecule has 0 atom stereocenters. The van der Waals surface area contributed by atoms with Crippen molar-refractivity contribution in [2.24, 2.45) is 12.0 Å². The molecule has 0 spiro atoms. The molecule has 0 bridgehead atoms. The highest BCUT2D eigenvalue weighted by atomic mass is 16.5. The number of ether oxygens (including phenoxy) is 1. The van der Waals surface area contributed by atoms with Crippen molar-refractivity contribution in [1.82, 2.24) is 25.0 Å². The Balaban J connectivity index is 1.67. The number of hydrogen-bond acceptors (Lipinski definition) is 5. The van der Waals surface area contributed by atoms with Crippen molar-refractivity contribution in [3.05, 3.63) is 41.3 Å². The Morgan fingerprint density at radius 2 is 2.07 bits per heavy atom. The number of aryl methyl sites for hydroxylation is 1. The predicted molar refractivity (Wildman–Crippen MR) is 116 cm³/mol. The molecule has 2 aromatic heterocycles. The van der Waals surface area contributed by atoms with Gasteiger partial charge in [-0.05, 0) is 12.0 Å². The van der Waals surface area contributed by atoms with Gasteiger partial charge < -0.3 is 19.9 Å². The molecule has 1 aliphatic heterocycles. The van der Waals surface area contributed by atoms with E-state index in [9.17, 15) is 0 Å². The number of rotatable bonds is 6. The van der Waals surface area contributed by atoms with E-state index in [0.29, 0.717) is 12.5 Å². The van der Waals surface area contributed by atoms with Gasteiger partial charge in [-0.1, -0.05) is 19.9 Å². The normalized spacial score (nSPS) is 15.1. The van der Waals surface area contributed by atoms with Gasteiger partial charge in [-0.15, -0.1) is 0 Å². The van der Waals surface area contributed by atoms with E-state index < -0.39 is 0 Å². The van der Waals surface area contributed by atoms with Crippen molar-refractivity contribution >= 4 is 11.8 Å². The molecule has 0 aromatic carbocycles. The van der Waals surface area contributed by atoms with Crippen LogP contribution in [0.3, 0.4) is 0 Å². The number of hydrogen-bond donors (Lipinski definition) is 1. The first kappa shape index (κ1) is 21.1. The summed E-state index contributed by atoms with van der Waals surface area (Å²) < 4.78 is 7.36. The highest BCUT2D eigenvalue weighted by molar-refractivity contribution is 5.79. The van der Waals surface area contributed by atoms with Crippen molar-refractivity contribution in [3.63, 3.8) is 0 Å². The molecule has 158 valence electrons. The minimum Gasteiger partial charge on any atom is -0.378 e. The van der Waals surface area contributed by atoms with Gasteiger partial charge in [0.25, 0.3) is 0 Å². The third-order valence-corrected chi connectivity index (χ3v) is 5.08. The van der Waals surface area contributed by atoms with Crippen molar-refractivity contribution < 1.29 is 4.74 Å². The quantitative estimate of drug-likeness (QED) is 0.592. The second-order valence-electron chi connectivity index (χ2n) is 7.71. The van der Waals surface area contributed by atoms with Gasteiger partial charge in [0.05, 0.1) is 18.9 Å². The summed E-state index contributed by atoms with van der Waals surface area (Å²) in [7, 11) is 5.84. The van der Waals surface area contributed by atoms with Gasteiger partial charge in [-0.3, -0.25) is 9.67 Å². The molecular weight excluding hydrogens is 366 g/mol. The van der Waals surface area contributed by atoms with Crippen LogP contribution in [0, 0.1) is 0 Å². The lowest BCUT2D eigenvalue weighted by atomic mass is 10.1. The molecule has 0 unspecified atom stereocenters. The number of pyridine rings is 1. The number of aromatic nitrogens is 3. The van der Waals surface area contributed by atoms with E-state index in [-0.39, 0.29) is 0 Å². The zero-order valence-electron chi connectivity index (χ0n) is 18.2. The smallest absolute Gasteiger partial charge is 0.193 e. The summed E-state index contributed by atoms with van der Waals surface area (Å²) in [5, 5.41) is 8.10. The average molecular weight is 400 g/mol. The lowest BCUT2D eigenvalue weighted by Crippen LogP contribution is -2.40. The summed E-state index contributed by atoms with van der Waals surface area (Å²) in [6.07, 6.45) is 3.95. The van der Waals surface area contributed by atoms with Crippen molar-refractivity contribution in [3.8, 4) is 0 Å². The topological polar surface area (TPSA) is 70.8 Å². The maximum atomic E-state index is 5.48. The zero-order valence-corrected chi connectivity index (χ0v) is 18.2. The van der Waals surface area contributed by atoms with E-state index in [1.54, 1.807) is 0 Å². The fourth-order valence-corrected chi connectivity index (χ4v) is 3.68. The predicted octanol–water partition coefficient (Wildman–Crippen LogP) is 1.98. The minimum absolute atomic E-state index is 0.390. The molecule has 3 heterocycles. The van der Waals surface area contributed by atoms with Gasteiger partial charge >= 0.3 is 0 Å². The first-order valence-electron chi connectivity index (χ1n) is 10.2. The number of anilines is 1. The summed E-state index contributed by atoms with van der Waals surface area (Å²) in [6.45, 7) is 9.01. The van der Waals surface area contributed by atoms with E-state index >= 15 is 0 Å². The molecule has 3 rings (SSSR count). The SMILES string of the molecule is CN=C(NCc1cccnc1N1CCOCC1)N(C)Cc1cn(C)nc1C(C)C. The summed E-state index contributed by atoms with van der Waals surface area (Å²) in [5.41, 5.74) is 3.52. The molecule has 1 fully saturated rings. The molecule has 1 saturated heterocycles. The maximum Gasteiger partial charge on any atom is 0.193 e. The molecule has 0 aliphatic carbocycles. The van der Waals surface area contributed by atoms with Crippen LogP contribution in [0.4, 0.5) is 5.82 Å². The summed E-state index contributed by atoms with van der Waals surface area (Å²) in [6, 6.07) is 4.11. The zero-order chi connectivity index (χ0) is 20.8. The van der Waals surface area contributed by atoms with Gasteiger partial charge in [-0.2, -0.15) is 5.10 Å². The molecule has 0 saturated carbocycles. The van der Waals surface area contributed by atoms with Crippen LogP contribution in [0.25, 0.3) is 0 Å². The summed E-state index contributed by atoms with van der Waals surface area (Å²) in [5.74, 6) is 2.26. The van der Waals surface area contributed by atoms with Crippen LogP contribution in [-0.4, -0.2) is 66.0 Å². The first-order valence-corrected chi connectivity index (χ1v) is 10.2. The van der Waals surface area contributed by atoms with E-state index in [1.807, 2.05) is 31.0 Å². The molecular formula is C21H33N7O. The van der Waals surface area contributed by atoms with Crippen LogP contribution < -0.4 is 10.2 Å². The largest absolute Gasteiger partial charge is 0.378 e. The van der Waals surface area contributed by atoms with Crippen LogP contribution in [0.5, 0.6) is 0 Å².